The lowest BCUT2D eigenvalue weighted by Crippen LogP contribution is -2.53. The Bertz CT molecular complexity index is 331. The first-order valence-corrected chi connectivity index (χ1v) is 7.47. The fraction of sp³-hybridized carbons (Fsp3) is 0.933. The molecule has 0 amide bonds. The molecule has 2 aliphatic rings. The van der Waals surface area contributed by atoms with Gasteiger partial charge in [0.1, 0.15) is 0 Å². The molecule has 0 aromatic heterocycles. The zero-order valence-electron chi connectivity index (χ0n) is 12.6. The van der Waals surface area contributed by atoms with E-state index in [4.69, 9.17) is 10.00 Å². The quantitative estimate of drug-likeness (QED) is 0.781. The van der Waals surface area contributed by atoms with Gasteiger partial charge in [0.25, 0.3) is 0 Å². The van der Waals surface area contributed by atoms with Crippen molar-refractivity contribution in [2.75, 3.05) is 33.3 Å². The van der Waals surface area contributed by atoms with Crippen LogP contribution in [0.2, 0.25) is 0 Å². The highest BCUT2D eigenvalue weighted by Gasteiger charge is 2.37. The molecule has 2 aliphatic heterocycles. The Hall–Kier alpha value is -0.630. The van der Waals surface area contributed by atoms with Gasteiger partial charge in [-0.15, -0.1) is 0 Å². The van der Waals surface area contributed by atoms with E-state index in [0.29, 0.717) is 18.6 Å². The zero-order chi connectivity index (χ0) is 13.9. The summed E-state index contributed by atoms with van der Waals surface area (Å²) in [6, 6.07) is 2.70. The molecule has 4 nitrogen and oxygen atoms in total. The van der Waals surface area contributed by atoms with E-state index in [9.17, 15) is 0 Å². The van der Waals surface area contributed by atoms with E-state index in [1.54, 1.807) is 0 Å². The summed E-state index contributed by atoms with van der Waals surface area (Å²) in [5, 5.41) is 9.12. The highest BCUT2D eigenvalue weighted by atomic mass is 16.5. The summed E-state index contributed by atoms with van der Waals surface area (Å²) >= 11 is 0. The third-order valence-corrected chi connectivity index (χ3v) is 4.60. The third-order valence-electron chi connectivity index (χ3n) is 4.60. The van der Waals surface area contributed by atoms with Crippen LogP contribution in [0.25, 0.3) is 0 Å². The van der Waals surface area contributed by atoms with Crippen LogP contribution in [0.3, 0.4) is 0 Å². The van der Waals surface area contributed by atoms with Gasteiger partial charge in [0.05, 0.1) is 18.6 Å². The molecule has 0 bridgehead atoms. The molecule has 2 fully saturated rings. The minimum atomic E-state index is 0.151. The van der Waals surface area contributed by atoms with Crippen molar-refractivity contribution in [3.63, 3.8) is 0 Å². The van der Waals surface area contributed by atoms with Crippen LogP contribution >= 0.6 is 0 Å². The van der Waals surface area contributed by atoms with E-state index in [-0.39, 0.29) is 5.54 Å². The molecule has 2 atom stereocenters. The molecule has 0 aromatic rings. The molecule has 2 rings (SSSR count). The van der Waals surface area contributed by atoms with Crippen LogP contribution < -0.4 is 0 Å². The predicted molar refractivity (Wildman–Crippen MR) is 75.9 cm³/mol. The maximum atomic E-state index is 9.12. The van der Waals surface area contributed by atoms with Crippen molar-refractivity contribution in [2.45, 2.75) is 57.2 Å². The first kappa shape index (κ1) is 14.8. The molecule has 4 heteroatoms. The Morgan fingerprint density at radius 3 is 2.84 bits per heavy atom. The molecule has 0 aromatic carbocycles. The van der Waals surface area contributed by atoms with Crippen LogP contribution in [0.1, 0.15) is 39.5 Å². The Labute approximate surface area is 117 Å². The minimum Gasteiger partial charge on any atom is -0.377 e. The van der Waals surface area contributed by atoms with Crippen LogP contribution in [0.5, 0.6) is 0 Å². The van der Waals surface area contributed by atoms with E-state index in [1.807, 2.05) is 0 Å². The zero-order valence-corrected chi connectivity index (χ0v) is 12.6. The van der Waals surface area contributed by atoms with Gasteiger partial charge in [-0.25, -0.2) is 0 Å². The summed E-state index contributed by atoms with van der Waals surface area (Å²) in [7, 11) is 2.16. The number of ether oxygens (including phenoxy) is 1. The smallest absolute Gasteiger partial charge is 0.0703 e. The highest BCUT2D eigenvalue weighted by molar-refractivity contribution is 4.96. The van der Waals surface area contributed by atoms with Crippen molar-refractivity contribution in [2.24, 2.45) is 0 Å². The van der Waals surface area contributed by atoms with Crippen LogP contribution in [-0.4, -0.2) is 60.8 Å². The van der Waals surface area contributed by atoms with Gasteiger partial charge in [0.2, 0.25) is 0 Å². The van der Waals surface area contributed by atoms with E-state index in [1.165, 1.54) is 12.8 Å². The largest absolute Gasteiger partial charge is 0.377 e. The second-order valence-electron chi connectivity index (χ2n) is 6.63. The maximum absolute atomic E-state index is 9.12. The van der Waals surface area contributed by atoms with Gasteiger partial charge >= 0.3 is 0 Å². The molecule has 0 spiro atoms. The molecule has 108 valence electrons. The Morgan fingerprint density at radius 1 is 1.42 bits per heavy atom. The van der Waals surface area contributed by atoms with Gasteiger partial charge in [0.15, 0.2) is 0 Å². The van der Waals surface area contributed by atoms with Crippen LogP contribution in [-0.2, 0) is 4.74 Å². The van der Waals surface area contributed by atoms with Gasteiger partial charge < -0.3 is 9.64 Å². The molecule has 2 saturated heterocycles. The second-order valence-corrected chi connectivity index (χ2v) is 6.63. The van der Waals surface area contributed by atoms with E-state index >= 15 is 0 Å². The molecule has 2 heterocycles. The minimum absolute atomic E-state index is 0.151. The number of likely N-dealkylation sites (N-methyl/N-ethyl adjacent to an activating group) is 1. The summed E-state index contributed by atoms with van der Waals surface area (Å²) in [4.78, 5) is 4.90. The number of nitriles is 1. The topological polar surface area (TPSA) is 39.5 Å². The van der Waals surface area contributed by atoms with Crippen LogP contribution in [0, 0.1) is 11.3 Å². The van der Waals surface area contributed by atoms with Gasteiger partial charge in [0, 0.05) is 31.3 Å². The van der Waals surface area contributed by atoms with E-state index in [0.717, 1.165) is 32.7 Å². The standard InChI is InChI=1S/C15H27N3O/c1-15(2)7-9-17(3)11-13(6-8-16)18(15)12-14-5-4-10-19-14/h13-14H,4-7,9-12H2,1-3H3. The Kier molecular flexibility index (Phi) is 4.83. The average molecular weight is 265 g/mol. The molecule has 0 saturated carbocycles. The number of nitrogens with zero attached hydrogens (tertiary/aromatic N) is 3. The van der Waals surface area contributed by atoms with Gasteiger partial charge in [-0.05, 0) is 46.7 Å². The molecule has 0 aliphatic carbocycles. The molecular weight excluding hydrogens is 238 g/mol. The average Bonchev–Trinajstić information content (AvgIpc) is 2.82. The molecule has 2 unspecified atom stereocenters. The summed E-state index contributed by atoms with van der Waals surface area (Å²) in [5.74, 6) is 0. The van der Waals surface area contributed by atoms with Gasteiger partial charge in [-0.2, -0.15) is 5.26 Å². The SMILES string of the molecule is CN1CCC(C)(C)N(CC2CCCO2)C(CC#N)C1. The van der Waals surface area contributed by atoms with Gasteiger partial charge in [-0.3, -0.25) is 4.90 Å². The van der Waals surface area contributed by atoms with E-state index in [2.05, 4.69) is 36.8 Å². The van der Waals surface area contributed by atoms with Crippen molar-refractivity contribution in [1.29, 1.82) is 5.26 Å². The highest BCUT2D eigenvalue weighted by Crippen LogP contribution is 2.29. The van der Waals surface area contributed by atoms with Crippen molar-refractivity contribution in [1.82, 2.24) is 9.80 Å². The fourth-order valence-electron chi connectivity index (χ4n) is 3.34. The van der Waals surface area contributed by atoms with Gasteiger partial charge in [-0.1, -0.05) is 0 Å². The first-order valence-electron chi connectivity index (χ1n) is 7.47. The normalized spacial score (nSPS) is 32.9. The first-order chi connectivity index (χ1) is 9.03. The summed E-state index contributed by atoms with van der Waals surface area (Å²) < 4.78 is 5.80. The third kappa shape index (κ3) is 3.68. The summed E-state index contributed by atoms with van der Waals surface area (Å²) in [5.41, 5.74) is 0.151. The summed E-state index contributed by atoms with van der Waals surface area (Å²) in [6.45, 7) is 8.60. The Balaban J connectivity index is 2.12. The second kappa shape index (κ2) is 6.21. The molecule has 0 N–H and O–H groups in total. The Morgan fingerprint density at radius 2 is 2.21 bits per heavy atom. The van der Waals surface area contributed by atoms with Crippen molar-refractivity contribution in [3.05, 3.63) is 0 Å². The molecular formula is C15H27N3O. The van der Waals surface area contributed by atoms with Crippen molar-refractivity contribution in [3.8, 4) is 6.07 Å². The maximum Gasteiger partial charge on any atom is 0.0703 e. The lowest BCUT2D eigenvalue weighted by molar-refractivity contribution is 0.00970. The lowest BCUT2D eigenvalue weighted by atomic mass is 9.95. The van der Waals surface area contributed by atoms with Crippen molar-refractivity contribution < 1.29 is 4.74 Å². The summed E-state index contributed by atoms with van der Waals surface area (Å²) in [6.07, 6.45) is 4.48. The predicted octanol–water partition coefficient (Wildman–Crippen LogP) is 1.86. The van der Waals surface area contributed by atoms with Crippen LogP contribution in [0.15, 0.2) is 0 Å². The van der Waals surface area contributed by atoms with Crippen molar-refractivity contribution >= 4 is 0 Å². The monoisotopic (exact) mass is 265 g/mol. The fourth-order valence-corrected chi connectivity index (χ4v) is 3.34. The lowest BCUT2D eigenvalue weighted by Gasteiger charge is -2.42. The van der Waals surface area contributed by atoms with Crippen LogP contribution in [0.4, 0.5) is 0 Å². The molecule has 0 radical (unpaired) electrons. The number of hydrogen-bond donors (Lipinski definition) is 0. The number of rotatable bonds is 3. The molecule has 19 heavy (non-hydrogen) atoms. The van der Waals surface area contributed by atoms with E-state index < -0.39 is 0 Å². The number of hydrogen-bond acceptors (Lipinski definition) is 4.